The molecule has 1 heterocycles. The summed E-state index contributed by atoms with van der Waals surface area (Å²) < 4.78 is 0. The van der Waals surface area contributed by atoms with Crippen molar-refractivity contribution < 1.29 is 0 Å². The van der Waals surface area contributed by atoms with Crippen LogP contribution in [0, 0.1) is 5.92 Å². The Hall–Kier alpha value is -0.300. The van der Waals surface area contributed by atoms with Gasteiger partial charge >= 0.3 is 0 Å². The minimum Gasteiger partial charge on any atom is -0.149 e. The van der Waals surface area contributed by atoms with E-state index in [1.807, 2.05) is 25.2 Å². The molecule has 1 aromatic rings. The van der Waals surface area contributed by atoms with E-state index < -0.39 is 0 Å². The van der Waals surface area contributed by atoms with Crippen LogP contribution in [0.25, 0.3) is 0 Å². The van der Waals surface area contributed by atoms with Crippen molar-refractivity contribution in [2.75, 3.05) is 0 Å². The number of hydrogen-bond acceptors (Lipinski definition) is 1. The van der Waals surface area contributed by atoms with Gasteiger partial charge in [-0.05, 0) is 54.0 Å². The monoisotopic (exact) mass is 238 g/mol. The molecule has 1 heteroatoms. The van der Waals surface area contributed by atoms with Gasteiger partial charge in [0.05, 0.1) is 0 Å². The normalized spacial score (nSPS) is 23.6. The molecule has 0 amide bonds. The Balaban J connectivity index is 0.000000606. The first-order valence-corrected chi connectivity index (χ1v) is 7.65. The van der Waals surface area contributed by atoms with E-state index in [0.717, 1.165) is 5.92 Å². The smallest absolute Gasteiger partial charge is 0.00829 e. The molecule has 92 valence electrons. The molecule has 16 heavy (non-hydrogen) atoms. The maximum absolute atomic E-state index is 2.39. The van der Waals surface area contributed by atoms with Gasteiger partial charge in [-0.15, -0.1) is 11.3 Å². The number of thiophene rings is 1. The van der Waals surface area contributed by atoms with Crippen LogP contribution in [0.4, 0.5) is 0 Å². The van der Waals surface area contributed by atoms with Gasteiger partial charge in [-0.2, -0.15) is 0 Å². The zero-order chi connectivity index (χ0) is 12.2. The summed E-state index contributed by atoms with van der Waals surface area (Å²) in [6.45, 7) is 11.1. The summed E-state index contributed by atoms with van der Waals surface area (Å²) in [5.74, 6) is 0.779. The van der Waals surface area contributed by atoms with Gasteiger partial charge in [0.1, 0.15) is 0 Å². The highest BCUT2D eigenvalue weighted by Gasteiger charge is 2.38. The van der Waals surface area contributed by atoms with Crippen LogP contribution in [0.1, 0.15) is 64.3 Å². The molecule has 0 fully saturated rings. The average Bonchev–Trinajstić information content (AvgIpc) is 2.79. The third-order valence-corrected chi connectivity index (χ3v) is 5.03. The van der Waals surface area contributed by atoms with Gasteiger partial charge in [0.25, 0.3) is 0 Å². The van der Waals surface area contributed by atoms with E-state index >= 15 is 0 Å². The topological polar surface area (TPSA) is 0 Å². The van der Waals surface area contributed by atoms with Crippen molar-refractivity contribution in [3.8, 4) is 0 Å². The second-order valence-corrected chi connectivity index (χ2v) is 5.78. The van der Waals surface area contributed by atoms with Crippen molar-refractivity contribution in [1.82, 2.24) is 0 Å². The molecular formula is C15H26S. The average molecular weight is 238 g/mol. The van der Waals surface area contributed by atoms with Gasteiger partial charge < -0.3 is 0 Å². The van der Waals surface area contributed by atoms with Crippen molar-refractivity contribution in [2.24, 2.45) is 5.92 Å². The van der Waals surface area contributed by atoms with Crippen LogP contribution in [0.2, 0.25) is 0 Å². The van der Waals surface area contributed by atoms with Gasteiger partial charge in [0.2, 0.25) is 0 Å². The van der Waals surface area contributed by atoms with Crippen LogP contribution in [0.5, 0.6) is 0 Å². The van der Waals surface area contributed by atoms with Crippen LogP contribution in [-0.2, 0) is 11.8 Å². The molecule has 2 rings (SSSR count). The molecule has 0 N–H and O–H groups in total. The molecule has 1 aliphatic rings. The molecule has 1 atom stereocenters. The fourth-order valence-electron chi connectivity index (χ4n) is 3.05. The van der Waals surface area contributed by atoms with Crippen molar-refractivity contribution in [2.45, 2.75) is 65.7 Å². The number of hydrogen-bond donors (Lipinski definition) is 0. The van der Waals surface area contributed by atoms with Gasteiger partial charge in [-0.3, -0.25) is 0 Å². The van der Waals surface area contributed by atoms with Crippen LogP contribution < -0.4 is 0 Å². The highest BCUT2D eigenvalue weighted by molar-refractivity contribution is 7.10. The summed E-state index contributed by atoms with van der Waals surface area (Å²) in [4.78, 5) is 1.66. The predicted octanol–water partition coefficient (Wildman–Crippen LogP) is 5.41. The molecule has 0 saturated heterocycles. The Labute approximate surface area is 105 Å². The molecule has 0 bridgehead atoms. The molecule has 1 unspecified atom stereocenters. The predicted molar refractivity (Wildman–Crippen MR) is 75.4 cm³/mol. The first-order valence-electron chi connectivity index (χ1n) is 6.77. The lowest BCUT2D eigenvalue weighted by Gasteiger charge is -2.40. The van der Waals surface area contributed by atoms with Gasteiger partial charge in [-0.1, -0.05) is 34.6 Å². The fourth-order valence-corrected chi connectivity index (χ4v) is 4.08. The van der Waals surface area contributed by atoms with Crippen LogP contribution in [0.15, 0.2) is 11.4 Å². The highest BCUT2D eigenvalue weighted by Crippen LogP contribution is 2.46. The van der Waals surface area contributed by atoms with Crippen LogP contribution in [-0.4, -0.2) is 0 Å². The van der Waals surface area contributed by atoms with Crippen LogP contribution in [0.3, 0.4) is 0 Å². The van der Waals surface area contributed by atoms with Crippen LogP contribution >= 0.6 is 11.3 Å². The maximum atomic E-state index is 2.39. The molecule has 0 radical (unpaired) electrons. The van der Waals surface area contributed by atoms with Gasteiger partial charge in [0, 0.05) is 4.88 Å². The lowest BCUT2D eigenvalue weighted by Crippen LogP contribution is -2.34. The molecular weight excluding hydrogens is 212 g/mol. The lowest BCUT2D eigenvalue weighted by atomic mass is 9.64. The summed E-state index contributed by atoms with van der Waals surface area (Å²) in [6, 6.07) is 2.38. The Bertz CT molecular complexity index is 311. The number of aryl methyl sites for hydroxylation is 1. The SMILES string of the molecule is CC.CCC1(C(C)C)CCCc2sccc21. The van der Waals surface area contributed by atoms with E-state index in [0.29, 0.717) is 5.41 Å². The third kappa shape index (κ3) is 2.20. The van der Waals surface area contributed by atoms with E-state index in [1.54, 1.807) is 10.4 Å². The number of rotatable bonds is 2. The Morgan fingerprint density at radius 3 is 2.62 bits per heavy atom. The van der Waals surface area contributed by atoms with Crippen molar-refractivity contribution in [3.05, 3.63) is 21.9 Å². The van der Waals surface area contributed by atoms with E-state index in [1.165, 1.54) is 25.7 Å². The summed E-state index contributed by atoms with van der Waals surface area (Å²) >= 11 is 1.96. The van der Waals surface area contributed by atoms with Crippen molar-refractivity contribution in [1.29, 1.82) is 0 Å². The molecule has 1 aromatic heterocycles. The largest absolute Gasteiger partial charge is 0.149 e. The maximum Gasteiger partial charge on any atom is 0.00829 e. The summed E-state index contributed by atoms with van der Waals surface area (Å²) in [5.41, 5.74) is 2.17. The molecule has 0 saturated carbocycles. The Morgan fingerprint density at radius 1 is 1.38 bits per heavy atom. The van der Waals surface area contributed by atoms with Crippen molar-refractivity contribution in [3.63, 3.8) is 0 Å². The van der Waals surface area contributed by atoms with E-state index in [2.05, 4.69) is 32.2 Å². The minimum atomic E-state index is 0.494. The lowest BCUT2D eigenvalue weighted by molar-refractivity contribution is 0.255. The van der Waals surface area contributed by atoms with Crippen molar-refractivity contribution >= 4 is 11.3 Å². The molecule has 0 aromatic carbocycles. The fraction of sp³-hybridized carbons (Fsp3) is 0.733. The number of fused-ring (bicyclic) bond motifs is 1. The Kier molecular flexibility index (Phi) is 5.04. The second-order valence-electron chi connectivity index (χ2n) is 4.78. The quantitative estimate of drug-likeness (QED) is 0.646. The summed E-state index contributed by atoms with van der Waals surface area (Å²) in [5, 5.41) is 2.28. The first-order chi connectivity index (χ1) is 7.70. The standard InChI is InChI=1S/C13H20S.C2H6/c1-4-13(10(2)3)8-5-6-12-11(13)7-9-14-12;1-2/h7,9-10H,4-6,8H2,1-3H3;1-2H3. The molecule has 0 aliphatic heterocycles. The third-order valence-electron chi connectivity index (χ3n) is 4.04. The second kappa shape index (κ2) is 5.86. The minimum absolute atomic E-state index is 0.494. The zero-order valence-corrected chi connectivity index (χ0v) is 12.3. The zero-order valence-electron chi connectivity index (χ0n) is 11.5. The van der Waals surface area contributed by atoms with E-state index in [4.69, 9.17) is 0 Å². The molecule has 0 spiro atoms. The van der Waals surface area contributed by atoms with E-state index in [-0.39, 0.29) is 0 Å². The summed E-state index contributed by atoms with van der Waals surface area (Å²) in [7, 11) is 0. The summed E-state index contributed by atoms with van der Waals surface area (Å²) in [6.07, 6.45) is 5.40. The molecule has 0 nitrogen and oxygen atoms in total. The van der Waals surface area contributed by atoms with Gasteiger partial charge in [0.15, 0.2) is 0 Å². The Morgan fingerprint density at radius 2 is 2.06 bits per heavy atom. The van der Waals surface area contributed by atoms with Gasteiger partial charge in [-0.25, -0.2) is 0 Å². The van der Waals surface area contributed by atoms with E-state index in [9.17, 15) is 0 Å². The first kappa shape index (κ1) is 13.8. The molecule has 1 aliphatic carbocycles. The highest BCUT2D eigenvalue weighted by atomic mass is 32.1.